The highest BCUT2D eigenvalue weighted by Gasteiger charge is 2.46. The van der Waals surface area contributed by atoms with Crippen LogP contribution in [0.15, 0.2) is 18.2 Å². The second kappa shape index (κ2) is 3.53. The first-order valence-electron chi connectivity index (χ1n) is 5.69. The second-order valence-corrected chi connectivity index (χ2v) is 5.63. The summed E-state index contributed by atoms with van der Waals surface area (Å²) in [5.41, 5.74) is 2.10. The van der Waals surface area contributed by atoms with Crippen LogP contribution >= 0.6 is 11.5 Å². The lowest BCUT2D eigenvalue weighted by atomic mass is 9.91. The summed E-state index contributed by atoms with van der Waals surface area (Å²) < 4.78 is 5.50. The second-order valence-electron chi connectivity index (χ2n) is 4.83. The fourth-order valence-corrected chi connectivity index (χ4v) is 3.16. The van der Waals surface area contributed by atoms with Crippen molar-refractivity contribution in [2.45, 2.75) is 31.6 Å². The van der Waals surface area contributed by atoms with E-state index in [0.29, 0.717) is 0 Å². The predicted molar refractivity (Wildman–Crippen MR) is 67.5 cm³/mol. The molecule has 1 N–H and O–H groups in total. The molecule has 1 aromatic carbocycles. The Morgan fingerprint density at radius 3 is 2.94 bits per heavy atom. The van der Waals surface area contributed by atoms with Crippen LogP contribution in [0.4, 0.5) is 0 Å². The zero-order valence-electron chi connectivity index (χ0n) is 9.56. The molecule has 0 aliphatic heterocycles. The first-order chi connectivity index (χ1) is 8.11. The first-order valence-corrected chi connectivity index (χ1v) is 6.46. The van der Waals surface area contributed by atoms with Crippen molar-refractivity contribution in [1.82, 2.24) is 4.37 Å². The molecular formula is C13H13NO2S. The summed E-state index contributed by atoms with van der Waals surface area (Å²) in [5, 5.41) is 10.1. The Kier molecular flexibility index (Phi) is 2.23. The molecule has 0 bridgehead atoms. The van der Waals surface area contributed by atoms with Gasteiger partial charge in [-0.1, -0.05) is 6.07 Å². The third-order valence-electron chi connectivity index (χ3n) is 3.61. The van der Waals surface area contributed by atoms with E-state index in [2.05, 4.69) is 22.6 Å². The van der Waals surface area contributed by atoms with Crippen molar-refractivity contribution < 1.29 is 9.90 Å². The van der Waals surface area contributed by atoms with Crippen LogP contribution in [-0.2, 0) is 10.2 Å². The average molecular weight is 247 g/mol. The normalized spacial score (nSPS) is 17.2. The molecule has 3 rings (SSSR count). The molecule has 88 valence electrons. The summed E-state index contributed by atoms with van der Waals surface area (Å²) in [6.07, 6.45) is 2.22. The standard InChI is InChI=1S/C13H13NO2S/c1-8-10-6-9(2-3-11(10)17-14-8)13(4-5-13)7-12(15)16/h2-3,6H,4-5,7H2,1H3,(H,15,16). The highest BCUT2D eigenvalue weighted by molar-refractivity contribution is 7.13. The largest absolute Gasteiger partial charge is 0.481 e. The van der Waals surface area contributed by atoms with Gasteiger partial charge in [0.15, 0.2) is 0 Å². The molecule has 2 aromatic rings. The highest BCUT2D eigenvalue weighted by atomic mass is 32.1. The van der Waals surface area contributed by atoms with Crippen molar-refractivity contribution in [3.8, 4) is 0 Å². The molecule has 0 spiro atoms. The zero-order valence-corrected chi connectivity index (χ0v) is 10.4. The summed E-state index contributed by atoms with van der Waals surface area (Å²) in [7, 11) is 0. The number of aliphatic carboxylic acids is 1. The van der Waals surface area contributed by atoms with E-state index in [0.717, 1.165) is 24.1 Å². The molecule has 3 nitrogen and oxygen atoms in total. The van der Waals surface area contributed by atoms with Gasteiger partial charge in [0.1, 0.15) is 0 Å². The Morgan fingerprint density at radius 1 is 1.53 bits per heavy atom. The van der Waals surface area contributed by atoms with Crippen molar-refractivity contribution in [3.63, 3.8) is 0 Å². The van der Waals surface area contributed by atoms with Gasteiger partial charge in [-0.25, -0.2) is 0 Å². The number of benzene rings is 1. The van der Waals surface area contributed by atoms with Crippen molar-refractivity contribution in [1.29, 1.82) is 0 Å². The maximum absolute atomic E-state index is 10.9. The molecule has 0 atom stereocenters. The van der Waals surface area contributed by atoms with Gasteiger partial charge in [-0.05, 0) is 49.0 Å². The lowest BCUT2D eigenvalue weighted by Gasteiger charge is -2.12. The summed E-state index contributed by atoms with van der Waals surface area (Å²) in [5.74, 6) is -0.706. The van der Waals surface area contributed by atoms with Gasteiger partial charge in [0.2, 0.25) is 0 Å². The van der Waals surface area contributed by atoms with Crippen LogP contribution in [0, 0.1) is 6.92 Å². The summed E-state index contributed by atoms with van der Waals surface area (Å²) >= 11 is 1.50. The van der Waals surface area contributed by atoms with Crippen molar-refractivity contribution in [3.05, 3.63) is 29.5 Å². The van der Waals surface area contributed by atoms with Crippen LogP contribution in [0.25, 0.3) is 10.1 Å². The average Bonchev–Trinajstić information content (AvgIpc) is 2.97. The molecule has 1 heterocycles. The van der Waals surface area contributed by atoms with E-state index in [1.165, 1.54) is 21.6 Å². The quantitative estimate of drug-likeness (QED) is 0.906. The molecule has 0 saturated heterocycles. The molecule has 0 amide bonds. The third-order valence-corrected chi connectivity index (χ3v) is 4.52. The summed E-state index contributed by atoms with van der Waals surface area (Å²) in [6, 6.07) is 6.26. The van der Waals surface area contributed by atoms with Gasteiger partial charge in [-0.15, -0.1) is 0 Å². The molecular weight excluding hydrogens is 234 g/mol. The summed E-state index contributed by atoms with van der Waals surface area (Å²) in [4.78, 5) is 10.9. The molecule has 1 saturated carbocycles. The van der Waals surface area contributed by atoms with Crippen LogP contribution in [0.1, 0.15) is 30.5 Å². The number of nitrogens with zero attached hydrogens (tertiary/aromatic N) is 1. The minimum Gasteiger partial charge on any atom is -0.481 e. The van der Waals surface area contributed by atoms with E-state index in [4.69, 9.17) is 5.11 Å². The van der Waals surface area contributed by atoms with Crippen LogP contribution in [0.5, 0.6) is 0 Å². The Morgan fingerprint density at radius 2 is 2.29 bits per heavy atom. The predicted octanol–water partition coefficient (Wildman–Crippen LogP) is 3.11. The number of carbonyl (C=O) groups is 1. The molecule has 1 fully saturated rings. The van der Waals surface area contributed by atoms with Crippen LogP contribution < -0.4 is 0 Å². The van der Waals surface area contributed by atoms with Gasteiger partial charge in [-0.3, -0.25) is 4.79 Å². The molecule has 1 aliphatic rings. The number of hydrogen-bond donors (Lipinski definition) is 1. The molecule has 0 unspecified atom stereocenters. The Bertz CT molecular complexity index is 598. The van der Waals surface area contributed by atoms with Crippen LogP contribution in [0.3, 0.4) is 0 Å². The smallest absolute Gasteiger partial charge is 0.304 e. The van der Waals surface area contributed by atoms with E-state index < -0.39 is 5.97 Å². The van der Waals surface area contributed by atoms with E-state index >= 15 is 0 Å². The van der Waals surface area contributed by atoms with Gasteiger partial charge in [0.05, 0.1) is 16.8 Å². The van der Waals surface area contributed by atoms with E-state index in [1.807, 2.05) is 6.92 Å². The number of aryl methyl sites for hydroxylation is 1. The van der Waals surface area contributed by atoms with Gasteiger partial charge in [0, 0.05) is 10.8 Å². The maximum Gasteiger partial charge on any atom is 0.304 e. The minimum absolute atomic E-state index is 0.103. The lowest BCUT2D eigenvalue weighted by Crippen LogP contribution is -2.12. The number of hydrogen-bond acceptors (Lipinski definition) is 3. The number of aromatic nitrogens is 1. The van der Waals surface area contributed by atoms with Crippen LogP contribution in [-0.4, -0.2) is 15.4 Å². The topological polar surface area (TPSA) is 50.2 Å². The van der Waals surface area contributed by atoms with Gasteiger partial charge in [-0.2, -0.15) is 4.37 Å². The first kappa shape index (κ1) is 10.7. The van der Waals surface area contributed by atoms with Crippen molar-refractivity contribution >= 4 is 27.6 Å². The monoisotopic (exact) mass is 247 g/mol. The van der Waals surface area contributed by atoms with Gasteiger partial charge < -0.3 is 5.11 Å². The number of rotatable bonds is 3. The molecule has 1 aliphatic carbocycles. The molecule has 0 radical (unpaired) electrons. The van der Waals surface area contributed by atoms with Crippen molar-refractivity contribution in [2.24, 2.45) is 0 Å². The molecule has 17 heavy (non-hydrogen) atoms. The molecule has 4 heteroatoms. The zero-order chi connectivity index (χ0) is 12.0. The van der Waals surface area contributed by atoms with Gasteiger partial charge in [0.25, 0.3) is 0 Å². The van der Waals surface area contributed by atoms with E-state index in [-0.39, 0.29) is 11.8 Å². The molecule has 1 aromatic heterocycles. The Labute approximate surface area is 103 Å². The van der Waals surface area contributed by atoms with E-state index in [1.54, 1.807) is 0 Å². The maximum atomic E-state index is 10.9. The minimum atomic E-state index is -0.706. The SMILES string of the molecule is Cc1nsc2ccc(C3(CC(=O)O)CC3)cc12. The Balaban J connectivity index is 2.06. The number of fused-ring (bicyclic) bond motifs is 1. The fraction of sp³-hybridized carbons (Fsp3) is 0.385. The summed E-state index contributed by atoms with van der Waals surface area (Å²) in [6.45, 7) is 2.00. The van der Waals surface area contributed by atoms with E-state index in [9.17, 15) is 4.79 Å². The number of carboxylic acid groups (broad SMARTS) is 1. The lowest BCUT2D eigenvalue weighted by molar-refractivity contribution is -0.137. The van der Waals surface area contributed by atoms with Crippen molar-refractivity contribution in [2.75, 3.05) is 0 Å². The number of carboxylic acids is 1. The third kappa shape index (κ3) is 1.72. The Hall–Kier alpha value is -1.42. The van der Waals surface area contributed by atoms with Crippen LogP contribution in [0.2, 0.25) is 0 Å². The highest BCUT2D eigenvalue weighted by Crippen LogP contribution is 2.51. The van der Waals surface area contributed by atoms with Gasteiger partial charge >= 0.3 is 5.97 Å². The fourth-order valence-electron chi connectivity index (χ4n) is 2.40.